The van der Waals surface area contributed by atoms with E-state index in [1.165, 1.54) is 32.5 Å². The monoisotopic (exact) mass is 248 g/mol. The van der Waals surface area contributed by atoms with Crippen LogP contribution < -0.4 is 5.32 Å². The largest absolute Gasteiger partial charge is 0.370 e. The summed E-state index contributed by atoms with van der Waals surface area (Å²) in [5.41, 5.74) is 1.03. The molecule has 1 N–H and O–H groups in total. The number of hydrogen-bond donors (Lipinski definition) is 1. The Labute approximate surface area is 110 Å². The smallest absolute Gasteiger partial charge is 0.129 e. The molecule has 1 aromatic rings. The lowest BCUT2D eigenvalue weighted by atomic mass is 10.1. The third-order valence-electron chi connectivity index (χ3n) is 3.37. The van der Waals surface area contributed by atoms with E-state index in [0.717, 1.165) is 23.9 Å². The number of rotatable bonds is 5. The maximum atomic E-state index is 4.40. The molecule has 0 bridgehead atoms. The molecule has 4 heteroatoms. The van der Waals surface area contributed by atoms with E-state index in [9.17, 15) is 0 Å². The van der Waals surface area contributed by atoms with Gasteiger partial charge in [-0.05, 0) is 45.7 Å². The van der Waals surface area contributed by atoms with Crippen LogP contribution in [-0.2, 0) is 0 Å². The van der Waals surface area contributed by atoms with Crippen LogP contribution in [0.1, 0.15) is 31.3 Å². The van der Waals surface area contributed by atoms with E-state index in [1.807, 2.05) is 19.9 Å². The molecule has 0 radical (unpaired) electrons. The van der Waals surface area contributed by atoms with E-state index in [0.29, 0.717) is 5.92 Å². The van der Waals surface area contributed by atoms with Crippen LogP contribution >= 0.6 is 0 Å². The number of nitrogens with one attached hydrogen (secondary N) is 1. The van der Waals surface area contributed by atoms with Gasteiger partial charge in [-0.25, -0.2) is 9.97 Å². The molecule has 4 nitrogen and oxygen atoms in total. The highest BCUT2D eigenvalue weighted by Gasteiger charge is 2.14. The second-order valence-corrected chi connectivity index (χ2v) is 5.44. The van der Waals surface area contributed by atoms with E-state index in [2.05, 4.69) is 27.1 Å². The minimum Gasteiger partial charge on any atom is -0.370 e. The lowest BCUT2D eigenvalue weighted by Crippen LogP contribution is -2.29. The Morgan fingerprint density at radius 1 is 1.28 bits per heavy atom. The Kier molecular flexibility index (Phi) is 4.53. The molecular weight excluding hydrogens is 224 g/mol. The van der Waals surface area contributed by atoms with Gasteiger partial charge >= 0.3 is 0 Å². The van der Waals surface area contributed by atoms with Gasteiger partial charge in [-0.1, -0.05) is 6.92 Å². The summed E-state index contributed by atoms with van der Waals surface area (Å²) in [4.78, 5) is 11.2. The van der Waals surface area contributed by atoms with Crippen LogP contribution in [0.15, 0.2) is 6.07 Å². The minimum absolute atomic E-state index is 0.652. The first-order chi connectivity index (χ1) is 8.63. The maximum Gasteiger partial charge on any atom is 0.129 e. The molecule has 0 saturated carbocycles. The predicted molar refractivity (Wildman–Crippen MR) is 74.8 cm³/mol. The molecule has 1 unspecified atom stereocenters. The molecule has 1 aliphatic heterocycles. The van der Waals surface area contributed by atoms with Crippen LogP contribution in [0.3, 0.4) is 0 Å². The first kappa shape index (κ1) is 13.3. The van der Waals surface area contributed by atoms with Gasteiger partial charge in [0.05, 0.1) is 0 Å². The van der Waals surface area contributed by atoms with Gasteiger partial charge in [0.15, 0.2) is 0 Å². The van der Waals surface area contributed by atoms with Crippen molar-refractivity contribution in [1.82, 2.24) is 14.9 Å². The van der Waals surface area contributed by atoms with Gasteiger partial charge in [0.1, 0.15) is 11.6 Å². The van der Waals surface area contributed by atoms with E-state index in [-0.39, 0.29) is 0 Å². The summed E-state index contributed by atoms with van der Waals surface area (Å²) in [6.45, 7) is 11.0. The summed E-state index contributed by atoms with van der Waals surface area (Å²) in [6.07, 6.45) is 2.73. The zero-order valence-corrected chi connectivity index (χ0v) is 11.7. The Hall–Kier alpha value is -1.16. The van der Waals surface area contributed by atoms with Crippen molar-refractivity contribution in [3.05, 3.63) is 17.6 Å². The van der Waals surface area contributed by atoms with E-state index in [1.54, 1.807) is 0 Å². The van der Waals surface area contributed by atoms with Crippen molar-refractivity contribution in [2.75, 3.05) is 31.5 Å². The Bertz CT molecular complexity index is 365. The van der Waals surface area contributed by atoms with Crippen molar-refractivity contribution in [3.63, 3.8) is 0 Å². The molecular formula is C14H24N4. The molecule has 1 aliphatic rings. The molecule has 1 fully saturated rings. The van der Waals surface area contributed by atoms with Crippen molar-refractivity contribution in [1.29, 1.82) is 0 Å². The fourth-order valence-electron chi connectivity index (χ4n) is 2.56. The molecule has 2 rings (SSSR count). The molecule has 2 heterocycles. The first-order valence-corrected chi connectivity index (χ1v) is 6.92. The van der Waals surface area contributed by atoms with Crippen LogP contribution in [0.5, 0.6) is 0 Å². The predicted octanol–water partition coefficient (Wildman–Crippen LogP) is 2.24. The number of hydrogen-bond acceptors (Lipinski definition) is 4. The SMILES string of the molecule is Cc1cc(NCC(C)CN2CCCC2)nc(C)n1. The van der Waals surface area contributed by atoms with Crippen LogP contribution in [0.2, 0.25) is 0 Å². The van der Waals surface area contributed by atoms with Crippen molar-refractivity contribution in [2.24, 2.45) is 5.92 Å². The van der Waals surface area contributed by atoms with Gasteiger partial charge in [0, 0.05) is 24.8 Å². The number of aromatic nitrogens is 2. The molecule has 0 spiro atoms. The van der Waals surface area contributed by atoms with Crippen LogP contribution in [-0.4, -0.2) is 41.0 Å². The molecule has 1 aromatic heterocycles. The molecule has 18 heavy (non-hydrogen) atoms. The fourth-order valence-corrected chi connectivity index (χ4v) is 2.56. The lowest BCUT2D eigenvalue weighted by Gasteiger charge is -2.20. The Morgan fingerprint density at radius 2 is 2.00 bits per heavy atom. The van der Waals surface area contributed by atoms with Gasteiger partial charge in [-0.3, -0.25) is 0 Å². The second-order valence-electron chi connectivity index (χ2n) is 5.44. The van der Waals surface area contributed by atoms with E-state index < -0.39 is 0 Å². The van der Waals surface area contributed by atoms with Crippen molar-refractivity contribution >= 4 is 5.82 Å². The zero-order chi connectivity index (χ0) is 13.0. The molecule has 0 aromatic carbocycles. The summed E-state index contributed by atoms with van der Waals surface area (Å²) < 4.78 is 0. The van der Waals surface area contributed by atoms with E-state index in [4.69, 9.17) is 0 Å². The topological polar surface area (TPSA) is 41.0 Å². The second kappa shape index (κ2) is 6.14. The minimum atomic E-state index is 0.652. The van der Waals surface area contributed by atoms with Crippen molar-refractivity contribution in [3.8, 4) is 0 Å². The van der Waals surface area contributed by atoms with E-state index >= 15 is 0 Å². The van der Waals surface area contributed by atoms with Crippen molar-refractivity contribution < 1.29 is 0 Å². The average Bonchev–Trinajstić information content (AvgIpc) is 2.78. The van der Waals surface area contributed by atoms with Gasteiger partial charge in [-0.15, -0.1) is 0 Å². The molecule has 100 valence electrons. The number of aryl methyl sites for hydroxylation is 2. The summed E-state index contributed by atoms with van der Waals surface area (Å²) in [5.74, 6) is 2.44. The highest BCUT2D eigenvalue weighted by Crippen LogP contribution is 2.11. The Balaban J connectivity index is 1.79. The number of nitrogens with zero attached hydrogens (tertiary/aromatic N) is 3. The van der Waals surface area contributed by atoms with Crippen LogP contribution in [0, 0.1) is 19.8 Å². The third-order valence-corrected chi connectivity index (χ3v) is 3.37. The normalized spacial score (nSPS) is 17.9. The average molecular weight is 248 g/mol. The third kappa shape index (κ3) is 3.95. The van der Waals surface area contributed by atoms with Crippen molar-refractivity contribution in [2.45, 2.75) is 33.6 Å². The summed E-state index contributed by atoms with van der Waals surface area (Å²) in [6, 6.07) is 2.01. The Morgan fingerprint density at radius 3 is 2.67 bits per heavy atom. The molecule has 1 saturated heterocycles. The molecule has 0 amide bonds. The molecule has 0 aliphatic carbocycles. The maximum absolute atomic E-state index is 4.40. The van der Waals surface area contributed by atoms with Crippen LogP contribution in [0.25, 0.3) is 0 Å². The van der Waals surface area contributed by atoms with Crippen LogP contribution in [0.4, 0.5) is 5.82 Å². The number of anilines is 1. The zero-order valence-electron chi connectivity index (χ0n) is 11.7. The lowest BCUT2D eigenvalue weighted by molar-refractivity contribution is 0.294. The summed E-state index contributed by atoms with van der Waals surface area (Å²) in [5, 5.41) is 3.42. The highest BCUT2D eigenvalue weighted by molar-refractivity contribution is 5.35. The molecule has 1 atom stereocenters. The fraction of sp³-hybridized carbons (Fsp3) is 0.714. The highest BCUT2D eigenvalue weighted by atomic mass is 15.1. The first-order valence-electron chi connectivity index (χ1n) is 6.92. The van der Waals surface area contributed by atoms with Gasteiger partial charge in [-0.2, -0.15) is 0 Å². The van der Waals surface area contributed by atoms with Gasteiger partial charge in [0.2, 0.25) is 0 Å². The van der Waals surface area contributed by atoms with Gasteiger partial charge in [0.25, 0.3) is 0 Å². The summed E-state index contributed by atoms with van der Waals surface area (Å²) in [7, 11) is 0. The quantitative estimate of drug-likeness (QED) is 0.867. The summed E-state index contributed by atoms with van der Waals surface area (Å²) >= 11 is 0. The number of likely N-dealkylation sites (tertiary alicyclic amines) is 1. The standard InChI is InChI=1S/C14H24N4/c1-11(10-18-6-4-5-7-18)9-15-14-8-12(2)16-13(3)17-14/h8,11H,4-7,9-10H2,1-3H3,(H,15,16,17). The van der Waals surface area contributed by atoms with Gasteiger partial charge < -0.3 is 10.2 Å².